The van der Waals surface area contributed by atoms with Gasteiger partial charge in [0.1, 0.15) is 0 Å². The van der Waals surface area contributed by atoms with Gasteiger partial charge < -0.3 is 10.4 Å². The lowest BCUT2D eigenvalue weighted by Crippen LogP contribution is -2.25. The molecule has 1 aromatic heterocycles. The number of aliphatic hydroxyl groups excluding tert-OH is 1. The average Bonchev–Trinajstić information content (AvgIpc) is 2.27. The fourth-order valence-corrected chi connectivity index (χ4v) is 2.23. The highest BCUT2D eigenvalue weighted by atomic mass is 32.2. The van der Waals surface area contributed by atoms with E-state index < -0.39 is 0 Å². The molecule has 0 fully saturated rings. The molecular weight excluding hydrogens is 248 g/mol. The van der Waals surface area contributed by atoms with E-state index in [9.17, 15) is 4.79 Å². The van der Waals surface area contributed by atoms with Crippen LogP contribution < -0.4 is 5.32 Å². The van der Waals surface area contributed by atoms with E-state index >= 15 is 0 Å². The highest BCUT2D eigenvalue weighted by Gasteiger charge is 2.14. The smallest absolute Gasteiger partial charge is 0.251 e. The normalized spacial score (nSPS) is 11.3. The Morgan fingerprint density at radius 1 is 1.50 bits per heavy atom. The van der Waals surface area contributed by atoms with Gasteiger partial charge in [0, 0.05) is 29.7 Å². The number of nitrogens with one attached hydrogen (secondary N) is 1. The number of thioether (sulfide) groups is 1. The standard InChI is InChI=1S/C13H20N2O2S/c1-13(2,3)18-11-9-10(5-7-14-11)12(17)15-6-4-8-16/h5,7,9,16H,4,6,8H2,1-3H3,(H,15,17). The van der Waals surface area contributed by atoms with E-state index in [-0.39, 0.29) is 17.3 Å². The monoisotopic (exact) mass is 268 g/mol. The molecule has 0 aliphatic rings. The van der Waals surface area contributed by atoms with Gasteiger partial charge >= 0.3 is 0 Å². The van der Waals surface area contributed by atoms with Crippen molar-refractivity contribution in [1.82, 2.24) is 10.3 Å². The molecule has 0 bridgehead atoms. The van der Waals surface area contributed by atoms with Crippen molar-refractivity contribution in [3.05, 3.63) is 23.9 Å². The molecule has 0 aromatic carbocycles. The van der Waals surface area contributed by atoms with E-state index in [0.717, 1.165) is 5.03 Å². The van der Waals surface area contributed by atoms with Gasteiger partial charge in [-0.1, -0.05) is 20.8 Å². The van der Waals surface area contributed by atoms with E-state index in [0.29, 0.717) is 18.5 Å². The lowest BCUT2D eigenvalue weighted by atomic mass is 10.2. The Balaban J connectivity index is 2.66. The van der Waals surface area contributed by atoms with Gasteiger partial charge in [0.15, 0.2) is 0 Å². The lowest BCUT2D eigenvalue weighted by Gasteiger charge is -2.16. The summed E-state index contributed by atoms with van der Waals surface area (Å²) < 4.78 is 0.0684. The molecule has 18 heavy (non-hydrogen) atoms. The summed E-state index contributed by atoms with van der Waals surface area (Å²) in [5.41, 5.74) is 0.606. The molecule has 0 aliphatic heterocycles. The number of pyridine rings is 1. The summed E-state index contributed by atoms with van der Waals surface area (Å²) in [7, 11) is 0. The number of aromatic nitrogens is 1. The molecule has 1 amide bonds. The molecule has 1 rings (SSSR count). The third-order valence-electron chi connectivity index (χ3n) is 2.03. The van der Waals surface area contributed by atoms with Gasteiger partial charge in [0.25, 0.3) is 5.91 Å². The van der Waals surface area contributed by atoms with Crippen molar-refractivity contribution < 1.29 is 9.90 Å². The molecule has 2 N–H and O–H groups in total. The van der Waals surface area contributed by atoms with Gasteiger partial charge in [-0.25, -0.2) is 4.98 Å². The van der Waals surface area contributed by atoms with Crippen LogP contribution in [0.15, 0.2) is 23.4 Å². The molecule has 0 aliphatic carbocycles. The maximum absolute atomic E-state index is 11.8. The predicted octanol–water partition coefficient (Wildman–Crippen LogP) is 2.08. The Kier molecular flexibility index (Phi) is 5.62. The van der Waals surface area contributed by atoms with Crippen LogP contribution in [0, 0.1) is 0 Å². The van der Waals surface area contributed by atoms with Gasteiger partial charge in [0.05, 0.1) is 5.03 Å². The van der Waals surface area contributed by atoms with Gasteiger partial charge in [-0.05, 0) is 18.6 Å². The first kappa shape index (κ1) is 15.0. The van der Waals surface area contributed by atoms with E-state index in [1.54, 1.807) is 30.1 Å². The van der Waals surface area contributed by atoms with Crippen molar-refractivity contribution >= 4 is 17.7 Å². The number of rotatable bonds is 5. The number of hydrogen-bond donors (Lipinski definition) is 2. The van der Waals surface area contributed by atoms with Gasteiger partial charge in [-0.2, -0.15) is 0 Å². The summed E-state index contributed by atoms with van der Waals surface area (Å²) in [5, 5.41) is 12.3. The number of carbonyl (C=O) groups excluding carboxylic acids is 1. The molecule has 1 heterocycles. The van der Waals surface area contributed by atoms with Crippen molar-refractivity contribution in [3.8, 4) is 0 Å². The highest BCUT2D eigenvalue weighted by Crippen LogP contribution is 2.30. The molecule has 0 saturated carbocycles. The van der Waals surface area contributed by atoms with E-state index in [4.69, 9.17) is 5.11 Å². The van der Waals surface area contributed by atoms with Crippen LogP contribution in [0.25, 0.3) is 0 Å². The van der Waals surface area contributed by atoms with E-state index in [1.807, 2.05) is 0 Å². The lowest BCUT2D eigenvalue weighted by molar-refractivity contribution is 0.0950. The number of aliphatic hydroxyl groups is 1. The fourth-order valence-electron chi connectivity index (χ4n) is 1.30. The maximum Gasteiger partial charge on any atom is 0.251 e. The van der Waals surface area contributed by atoms with Crippen molar-refractivity contribution in [3.63, 3.8) is 0 Å². The summed E-state index contributed by atoms with van der Waals surface area (Å²) >= 11 is 1.63. The van der Waals surface area contributed by atoms with Crippen LogP contribution >= 0.6 is 11.8 Å². The highest BCUT2D eigenvalue weighted by molar-refractivity contribution is 8.00. The summed E-state index contributed by atoms with van der Waals surface area (Å²) in [5.74, 6) is -0.124. The van der Waals surface area contributed by atoms with Crippen LogP contribution in [-0.4, -0.2) is 33.9 Å². The molecular formula is C13H20N2O2S. The number of nitrogens with zero attached hydrogens (tertiary/aromatic N) is 1. The first-order chi connectivity index (χ1) is 8.42. The van der Waals surface area contributed by atoms with Gasteiger partial charge in [-0.15, -0.1) is 11.8 Å². The van der Waals surface area contributed by atoms with Crippen molar-refractivity contribution in [2.45, 2.75) is 37.0 Å². The second-order valence-electron chi connectivity index (χ2n) is 4.93. The Bertz CT molecular complexity index is 402. The number of amides is 1. The first-order valence-electron chi connectivity index (χ1n) is 5.96. The Morgan fingerprint density at radius 3 is 2.83 bits per heavy atom. The summed E-state index contributed by atoms with van der Waals surface area (Å²) in [6.07, 6.45) is 2.22. The van der Waals surface area contributed by atoms with E-state index in [1.165, 1.54) is 0 Å². The second kappa shape index (κ2) is 6.75. The Hall–Kier alpha value is -1.07. The minimum atomic E-state index is -0.124. The SMILES string of the molecule is CC(C)(C)Sc1cc(C(=O)NCCCO)ccn1. The van der Waals surface area contributed by atoms with Crippen LogP contribution in [0.1, 0.15) is 37.6 Å². The fraction of sp³-hybridized carbons (Fsp3) is 0.538. The Labute approximate surface area is 112 Å². The van der Waals surface area contributed by atoms with Crippen LogP contribution in [0.2, 0.25) is 0 Å². The molecule has 0 unspecified atom stereocenters. The topological polar surface area (TPSA) is 62.2 Å². The quantitative estimate of drug-likeness (QED) is 0.634. The molecule has 0 saturated heterocycles. The number of hydrogen-bond acceptors (Lipinski definition) is 4. The second-order valence-corrected chi connectivity index (χ2v) is 6.78. The molecule has 4 nitrogen and oxygen atoms in total. The first-order valence-corrected chi connectivity index (χ1v) is 6.78. The largest absolute Gasteiger partial charge is 0.396 e. The third kappa shape index (κ3) is 5.51. The molecule has 0 spiro atoms. The molecule has 0 atom stereocenters. The zero-order valence-corrected chi connectivity index (χ0v) is 11.9. The Morgan fingerprint density at radius 2 is 2.22 bits per heavy atom. The minimum absolute atomic E-state index is 0.0684. The van der Waals surface area contributed by atoms with Crippen LogP contribution in [0.4, 0.5) is 0 Å². The summed E-state index contributed by atoms with van der Waals surface area (Å²) in [6, 6.07) is 3.49. The number of carbonyl (C=O) groups is 1. The molecule has 1 aromatic rings. The maximum atomic E-state index is 11.8. The van der Waals surface area contributed by atoms with Crippen LogP contribution in [0.5, 0.6) is 0 Å². The predicted molar refractivity (Wildman–Crippen MR) is 73.9 cm³/mol. The minimum Gasteiger partial charge on any atom is -0.396 e. The van der Waals surface area contributed by atoms with Gasteiger partial charge in [-0.3, -0.25) is 4.79 Å². The van der Waals surface area contributed by atoms with Crippen molar-refractivity contribution in [2.24, 2.45) is 0 Å². The third-order valence-corrected chi connectivity index (χ3v) is 3.07. The van der Waals surface area contributed by atoms with E-state index in [2.05, 4.69) is 31.1 Å². The van der Waals surface area contributed by atoms with Gasteiger partial charge in [0.2, 0.25) is 0 Å². The molecule has 100 valence electrons. The van der Waals surface area contributed by atoms with Crippen LogP contribution in [0.3, 0.4) is 0 Å². The zero-order valence-electron chi connectivity index (χ0n) is 11.1. The average molecular weight is 268 g/mol. The summed E-state index contributed by atoms with van der Waals surface area (Å²) in [6.45, 7) is 6.88. The van der Waals surface area contributed by atoms with Crippen molar-refractivity contribution in [2.75, 3.05) is 13.2 Å². The zero-order chi connectivity index (χ0) is 13.6. The van der Waals surface area contributed by atoms with Crippen LogP contribution in [-0.2, 0) is 0 Å². The molecule has 0 radical (unpaired) electrons. The van der Waals surface area contributed by atoms with Crippen molar-refractivity contribution in [1.29, 1.82) is 0 Å². The molecule has 5 heteroatoms. The summed E-state index contributed by atoms with van der Waals surface area (Å²) in [4.78, 5) is 16.1.